The first kappa shape index (κ1) is 11.0. The van der Waals surface area contributed by atoms with Crippen molar-refractivity contribution in [3.8, 4) is 10.7 Å². The number of aryl methyl sites for hydroxylation is 2. The summed E-state index contributed by atoms with van der Waals surface area (Å²) in [6.07, 6.45) is 2.12. The Bertz CT molecular complexity index is 697. The normalized spacial score (nSPS) is 11.2. The molecule has 0 amide bonds. The van der Waals surface area contributed by atoms with E-state index in [1.807, 2.05) is 0 Å². The number of aromatic nitrogens is 2. The molecule has 0 unspecified atom stereocenters. The third-order valence-electron chi connectivity index (χ3n) is 2.70. The summed E-state index contributed by atoms with van der Waals surface area (Å²) in [5.74, 6) is 1.01. The highest BCUT2D eigenvalue weighted by Gasteiger charge is 2.12. The molecule has 0 aliphatic heterocycles. The summed E-state index contributed by atoms with van der Waals surface area (Å²) >= 11 is 5.29. The van der Waals surface area contributed by atoms with Gasteiger partial charge in [0.05, 0.1) is 10.4 Å². The molecule has 4 heteroatoms. The Labute approximate surface area is 112 Å². The predicted octanol–water partition coefficient (Wildman–Crippen LogP) is 4.44. The number of halogens is 1. The molecule has 2 nitrogen and oxygen atoms in total. The zero-order chi connectivity index (χ0) is 12.0. The Kier molecular flexibility index (Phi) is 2.56. The molecular weight excluding hydrogens is 296 g/mol. The van der Waals surface area contributed by atoms with Gasteiger partial charge in [-0.25, -0.2) is 4.98 Å². The molecule has 0 N–H and O–H groups in total. The number of rotatable bonds is 1. The quantitative estimate of drug-likeness (QED) is 0.649. The van der Waals surface area contributed by atoms with Crippen LogP contribution < -0.4 is 0 Å². The van der Waals surface area contributed by atoms with Gasteiger partial charge in [-0.15, -0.1) is 11.3 Å². The molecular formula is C13H11BrN2S. The van der Waals surface area contributed by atoms with E-state index in [1.54, 1.807) is 11.3 Å². The molecule has 0 aliphatic carbocycles. The summed E-state index contributed by atoms with van der Waals surface area (Å²) in [7, 11) is 0. The summed E-state index contributed by atoms with van der Waals surface area (Å²) in [6.45, 7) is 4.21. The average Bonchev–Trinajstić information content (AvgIpc) is 2.83. The number of fused-ring (bicyclic) bond motifs is 1. The van der Waals surface area contributed by atoms with Crippen molar-refractivity contribution in [1.82, 2.24) is 9.38 Å². The van der Waals surface area contributed by atoms with Gasteiger partial charge in [0, 0.05) is 11.1 Å². The topological polar surface area (TPSA) is 17.3 Å². The fourth-order valence-corrected chi connectivity index (χ4v) is 3.23. The van der Waals surface area contributed by atoms with E-state index in [9.17, 15) is 0 Å². The van der Waals surface area contributed by atoms with Gasteiger partial charge in [0.15, 0.2) is 5.82 Å². The van der Waals surface area contributed by atoms with Crippen LogP contribution in [0.5, 0.6) is 0 Å². The van der Waals surface area contributed by atoms with Crippen LogP contribution in [-0.2, 0) is 0 Å². The highest BCUT2D eigenvalue weighted by molar-refractivity contribution is 9.10. The van der Waals surface area contributed by atoms with Gasteiger partial charge in [0.25, 0.3) is 0 Å². The van der Waals surface area contributed by atoms with Crippen molar-refractivity contribution in [2.75, 3.05) is 0 Å². The first-order chi connectivity index (χ1) is 8.15. The Morgan fingerprint density at radius 2 is 2.00 bits per heavy atom. The summed E-state index contributed by atoms with van der Waals surface area (Å²) in [4.78, 5) is 7.11. The van der Waals surface area contributed by atoms with Gasteiger partial charge in [-0.1, -0.05) is 6.07 Å². The maximum absolute atomic E-state index is 4.60. The molecule has 3 rings (SSSR count). The SMILES string of the molecule is Cc1ccc2c(Br)nc(-c3ccc(C)s3)n2c1. The first-order valence-electron chi connectivity index (χ1n) is 5.36. The highest BCUT2D eigenvalue weighted by Crippen LogP contribution is 2.30. The van der Waals surface area contributed by atoms with E-state index in [4.69, 9.17) is 0 Å². The Balaban J connectivity index is 2.33. The lowest BCUT2D eigenvalue weighted by atomic mass is 10.3. The lowest BCUT2D eigenvalue weighted by Crippen LogP contribution is -1.88. The molecule has 0 aromatic carbocycles. The zero-order valence-corrected chi connectivity index (χ0v) is 12.0. The minimum atomic E-state index is 0.901. The van der Waals surface area contributed by atoms with E-state index in [0.29, 0.717) is 0 Å². The fourth-order valence-electron chi connectivity index (χ4n) is 1.88. The second-order valence-corrected chi connectivity index (χ2v) is 6.14. The maximum atomic E-state index is 4.60. The lowest BCUT2D eigenvalue weighted by molar-refractivity contribution is 1.15. The van der Waals surface area contributed by atoms with Crippen molar-refractivity contribution in [3.63, 3.8) is 0 Å². The van der Waals surface area contributed by atoms with Crippen LogP contribution in [0.2, 0.25) is 0 Å². The molecule has 0 bridgehead atoms. The molecule has 0 spiro atoms. The minimum Gasteiger partial charge on any atom is -0.298 e. The molecule has 3 heterocycles. The van der Waals surface area contributed by atoms with E-state index >= 15 is 0 Å². The molecule has 0 atom stereocenters. The Morgan fingerprint density at radius 1 is 1.18 bits per heavy atom. The highest BCUT2D eigenvalue weighted by atomic mass is 79.9. The van der Waals surface area contributed by atoms with Gasteiger partial charge >= 0.3 is 0 Å². The van der Waals surface area contributed by atoms with E-state index in [1.165, 1.54) is 15.3 Å². The zero-order valence-electron chi connectivity index (χ0n) is 9.57. The van der Waals surface area contributed by atoms with Gasteiger partial charge in [0.2, 0.25) is 0 Å². The summed E-state index contributed by atoms with van der Waals surface area (Å²) in [5.41, 5.74) is 2.34. The van der Waals surface area contributed by atoms with Gasteiger partial charge < -0.3 is 0 Å². The van der Waals surface area contributed by atoms with Crippen LogP contribution in [0.3, 0.4) is 0 Å². The Hall–Kier alpha value is -1.13. The fraction of sp³-hybridized carbons (Fsp3) is 0.154. The van der Waals surface area contributed by atoms with E-state index in [2.05, 4.69) is 69.6 Å². The van der Waals surface area contributed by atoms with Crippen LogP contribution in [0.1, 0.15) is 10.4 Å². The third kappa shape index (κ3) is 1.81. The Morgan fingerprint density at radius 3 is 2.71 bits per heavy atom. The molecule has 3 aromatic rings. The number of pyridine rings is 1. The van der Waals surface area contributed by atoms with Crippen molar-refractivity contribution in [2.45, 2.75) is 13.8 Å². The van der Waals surface area contributed by atoms with Crippen LogP contribution in [0.25, 0.3) is 16.2 Å². The van der Waals surface area contributed by atoms with Crippen LogP contribution >= 0.6 is 27.3 Å². The van der Waals surface area contributed by atoms with Crippen LogP contribution in [-0.4, -0.2) is 9.38 Å². The van der Waals surface area contributed by atoms with Gasteiger partial charge in [-0.3, -0.25) is 4.40 Å². The monoisotopic (exact) mass is 306 g/mol. The number of thiophene rings is 1. The van der Waals surface area contributed by atoms with Crippen LogP contribution in [0.4, 0.5) is 0 Å². The maximum Gasteiger partial charge on any atom is 0.156 e. The predicted molar refractivity (Wildman–Crippen MR) is 75.7 cm³/mol. The molecule has 0 radical (unpaired) electrons. The first-order valence-corrected chi connectivity index (χ1v) is 6.97. The van der Waals surface area contributed by atoms with Gasteiger partial charge in [0.1, 0.15) is 4.60 Å². The average molecular weight is 307 g/mol. The summed E-state index contributed by atoms with van der Waals surface area (Å²) < 4.78 is 3.04. The largest absolute Gasteiger partial charge is 0.298 e. The molecule has 86 valence electrons. The van der Waals surface area contributed by atoms with Crippen LogP contribution in [0.15, 0.2) is 35.1 Å². The molecule has 0 saturated heterocycles. The van der Waals surface area contributed by atoms with Crippen molar-refractivity contribution in [2.24, 2.45) is 0 Å². The van der Waals surface area contributed by atoms with Gasteiger partial charge in [-0.05, 0) is 53.5 Å². The van der Waals surface area contributed by atoms with Crippen molar-refractivity contribution in [3.05, 3.63) is 45.5 Å². The van der Waals surface area contributed by atoms with E-state index in [0.717, 1.165) is 15.9 Å². The smallest absolute Gasteiger partial charge is 0.156 e. The molecule has 0 aliphatic rings. The van der Waals surface area contributed by atoms with E-state index in [-0.39, 0.29) is 0 Å². The van der Waals surface area contributed by atoms with Crippen molar-refractivity contribution >= 4 is 32.8 Å². The standard InChI is InChI=1S/C13H11BrN2S/c1-8-3-5-10-12(14)15-13(16(10)7-8)11-6-4-9(2)17-11/h3-7H,1-2H3. The number of nitrogens with zero attached hydrogens (tertiary/aromatic N) is 2. The van der Waals surface area contributed by atoms with E-state index < -0.39 is 0 Å². The molecule has 0 saturated carbocycles. The summed E-state index contributed by atoms with van der Waals surface area (Å²) in [6, 6.07) is 8.45. The number of hydrogen-bond acceptors (Lipinski definition) is 2. The van der Waals surface area contributed by atoms with Crippen molar-refractivity contribution < 1.29 is 0 Å². The number of hydrogen-bond donors (Lipinski definition) is 0. The van der Waals surface area contributed by atoms with Crippen LogP contribution in [0, 0.1) is 13.8 Å². The third-order valence-corrected chi connectivity index (χ3v) is 4.28. The second-order valence-electron chi connectivity index (χ2n) is 4.10. The number of imidazole rings is 1. The van der Waals surface area contributed by atoms with Gasteiger partial charge in [-0.2, -0.15) is 0 Å². The summed E-state index contributed by atoms with van der Waals surface area (Å²) in [5, 5.41) is 0. The van der Waals surface area contributed by atoms with Crippen molar-refractivity contribution in [1.29, 1.82) is 0 Å². The second kappa shape index (κ2) is 3.96. The lowest BCUT2D eigenvalue weighted by Gasteiger charge is -1.99. The molecule has 17 heavy (non-hydrogen) atoms. The molecule has 3 aromatic heterocycles. The minimum absolute atomic E-state index is 0.901. The molecule has 0 fully saturated rings.